The second kappa shape index (κ2) is 5.65. The van der Waals surface area contributed by atoms with Crippen molar-refractivity contribution in [2.75, 3.05) is 26.3 Å². The minimum absolute atomic E-state index is 0.244. The molecule has 1 aliphatic heterocycles. The SMILES string of the molecule is CC(C(=O)O)(c1ccccc1C(F)(F)F)N1CCOCC1. The van der Waals surface area contributed by atoms with Crippen LogP contribution in [0.4, 0.5) is 13.2 Å². The van der Waals surface area contributed by atoms with Crippen LogP contribution in [0, 0.1) is 0 Å². The summed E-state index contributed by atoms with van der Waals surface area (Å²) in [5.41, 5.74) is -2.90. The Balaban J connectivity index is 2.55. The summed E-state index contributed by atoms with van der Waals surface area (Å²) in [4.78, 5) is 13.3. The molecule has 1 aromatic rings. The Morgan fingerprint density at radius 1 is 1.19 bits per heavy atom. The van der Waals surface area contributed by atoms with E-state index in [4.69, 9.17) is 4.74 Å². The summed E-state index contributed by atoms with van der Waals surface area (Å²) >= 11 is 0. The lowest BCUT2D eigenvalue weighted by Gasteiger charge is -2.41. The molecule has 116 valence electrons. The molecular weight excluding hydrogens is 287 g/mol. The first-order chi connectivity index (χ1) is 9.78. The monoisotopic (exact) mass is 303 g/mol. The van der Waals surface area contributed by atoms with Gasteiger partial charge in [-0.1, -0.05) is 18.2 Å². The normalized spacial score (nSPS) is 20.0. The predicted octanol–water partition coefficient (Wildman–Crippen LogP) is 2.34. The van der Waals surface area contributed by atoms with Crippen molar-refractivity contribution in [3.8, 4) is 0 Å². The number of aliphatic carboxylic acids is 1. The van der Waals surface area contributed by atoms with Crippen LogP contribution in [0.25, 0.3) is 0 Å². The number of hydrogen-bond donors (Lipinski definition) is 1. The Bertz CT molecular complexity index is 526. The van der Waals surface area contributed by atoms with E-state index in [0.717, 1.165) is 6.07 Å². The number of ether oxygens (including phenoxy) is 1. The van der Waals surface area contributed by atoms with Crippen molar-refractivity contribution in [2.24, 2.45) is 0 Å². The van der Waals surface area contributed by atoms with Gasteiger partial charge in [-0.2, -0.15) is 13.2 Å². The number of nitrogens with zero attached hydrogens (tertiary/aromatic N) is 1. The summed E-state index contributed by atoms with van der Waals surface area (Å²) in [6, 6.07) is 4.82. The molecule has 21 heavy (non-hydrogen) atoms. The lowest BCUT2D eigenvalue weighted by atomic mass is 9.85. The lowest BCUT2D eigenvalue weighted by molar-refractivity contribution is -0.156. The molecular formula is C14H16F3NO3. The van der Waals surface area contributed by atoms with Gasteiger partial charge in [-0.3, -0.25) is 4.90 Å². The Kier molecular flexibility index (Phi) is 4.25. The van der Waals surface area contributed by atoms with E-state index in [9.17, 15) is 23.1 Å². The van der Waals surface area contributed by atoms with Gasteiger partial charge in [0.2, 0.25) is 0 Å². The minimum atomic E-state index is -4.60. The third-order valence-corrected chi connectivity index (χ3v) is 3.82. The summed E-state index contributed by atoms with van der Waals surface area (Å²) in [6.07, 6.45) is -4.60. The second-order valence-corrected chi connectivity index (χ2v) is 5.02. The van der Waals surface area contributed by atoms with Crippen molar-refractivity contribution in [1.29, 1.82) is 0 Å². The molecule has 2 rings (SSSR count). The first-order valence-corrected chi connectivity index (χ1v) is 6.51. The van der Waals surface area contributed by atoms with E-state index >= 15 is 0 Å². The van der Waals surface area contributed by atoms with E-state index in [0.29, 0.717) is 13.2 Å². The summed E-state index contributed by atoms with van der Waals surface area (Å²) in [6.45, 7) is 2.46. The Morgan fingerprint density at radius 3 is 2.19 bits per heavy atom. The van der Waals surface area contributed by atoms with E-state index in [1.54, 1.807) is 0 Å². The Hall–Kier alpha value is -1.60. The van der Waals surface area contributed by atoms with Crippen molar-refractivity contribution in [3.63, 3.8) is 0 Å². The fourth-order valence-electron chi connectivity index (χ4n) is 2.59. The van der Waals surface area contributed by atoms with Crippen LogP contribution in [0.15, 0.2) is 24.3 Å². The van der Waals surface area contributed by atoms with Crippen LogP contribution in [-0.4, -0.2) is 42.3 Å². The first kappa shape index (κ1) is 15.8. The smallest absolute Gasteiger partial charge is 0.416 e. The summed E-state index contributed by atoms with van der Waals surface area (Å²) in [7, 11) is 0. The number of carboxylic acids is 1. The van der Waals surface area contributed by atoms with Gasteiger partial charge in [-0.05, 0) is 18.6 Å². The summed E-state index contributed by atoms with van der Waals surface area (Å²) in [5.74, 6) is -1.30. The molecule has 4 nitrogen and oxygen atoms in total. The van der Waals surface area contributed by atoms with Crippen molar-refractivity contribution in [3.05, 3.63) is 35.4 Å². The third kappa shape index (κ3) is 2.89. The van der Waals surface area contributed by atoms with Crippen LogP contribution in [0.5, 0.6) is 0 Å². The van der Waals surface area contributed by atoms with Gasteiger partial charge in [-0.15, -0.1) is 0 Å². The van der Waals surface area contributed by atoms with Crippen molar-refractivity contribution in [2.45, 2.75) is 18.6 Å². The van der Waals surface area contributed by atoms with Crippen LogP contribution in [-0.2, 0) is 21.2 Å². The highest BCUT2D eigenvalue weighted by atomic mass is 19.4. The molecule has 0 saturated carbocycles. The maximum absolute atomic E-state index is 13.2. The molecule has 1 aliphatic rings. The molecule has 0 spiro atoms. The standard InChI is InChI=1S/C14H16F3NO3/c1-13(12(19)20,18-6-8-21-9-7-18)10-4-2-3-5-11(10)14(15,16)17/h2-5H,6-9H2,1H3,(H,19,20). The van der Waals surface area contributed by atoms with Crippen LogP contribution in [0.1, 0.15) is 18.1 Å². The Labute approximate surface area is 120 Å². The fraction of sp³-hybridized carbons (Fsp3) is 0.500. The van der Waals surface area contributed by atoms with Crippen LogP contribution >= 0.6 is 0 Å². The zero-order valence-corrected chi connectivity index (χ0v) is 11.5. The highest BCUT2D eigenvalue weighted by Gasteiger charge is 2.47. The van der Waals surface area contributed by atoms with Gasteiger partial charge >= 0.3 is 12.1 Å². The molecule has 1 saturated heterocycles. The van der Waals surface area contributed by atoms with Crippen molar-refractivity contribution >= 4 is 5.97 Å². The highest BCUT2D eigenvalue weighted by Crippen LogP contribution is 2.39. The van der Waals surface area contributed by atoms with Gasteiger partial charge in [0, 0.05) is 13.1 Å². The number of benzene rings is 1. The molecule has 0 radical (unpaired) electrons. The number of rotatable bonds is 3. The number of morpholine rings is 1. The zero-order valence-electron chi connectivity index (χ0n) is 11.5. The quantitative estimate of drug-likeness (QED) is 0.931. The molecule has 1 unspecified atom stereocenters. The second-order valence-electron chi connectivity index (χ2n) is 5.02. The van der Waals surface area contributed by atoms with E-state index in [-0.39, 0.29) is 18.7 Å². The van der Waals surface area contributed by atoms with Crippen LogP contribution < -0.4 is 0 Å². The molecule has 1 aromatic carbocycles. The van der Waals surface area contributed by atoms with Gasteiger partial charge in [0.15, 0.2) is 0 Å². The molecule has 1 heterocycles. The molecule has 0 bridgehead atoms. The Morgan fingerprint density at radius 2 is 1.71 bits per heavy atom. The van der Waals surface area contributed by atoms with Gasteiger partial charge < -0.3 is 9.84 Å². The maximum Gasteiger partial charge on any atom is 0.416 e. The van der Waals surface area contributed by atoms with E-state index in [1.807, 2.05) is 0 Å². The molecule has 1 atom stereocenters. The predicted molar refractivity (Wildman–Crippen MR) is 68.8 cm³/mol. The van der Waals surface area contributed by atoms with E-state index < -0.39 is 23.2 Å². The largest absolute Gasteiger partial charge is 0.480 e. The van der Waals surface area contributed by atoms with Gasteiger partial charge in [0.1, 0.15) is 5.54 Å². The molecule has 1 fully saturated rings. The first-order valence-electron chi connectivity index (χ1n) is 6.51. The zero-order chi connectivity index (χ0) is 15.7. The number of carboxylic acid groups (broad SMARTS) is 1. The average Bonchev–Trinajstić information content (AvgIpc) is 2.46. The number of halogens is 3. The molecule has 0 amide bonds. The van der Waals surface area contributed by atoms with Crippen LogP contribution in [0.2, 0.25) is 0 Å². The fourth-order valence-corrected chi connectivity index (χ4v) is 2.59. The molecule has 7 heteroatoms. The molecule has 0 aromatic heterocycles. The lowest BCUT2D eigenvalue weighted by Crippen LogP contribution is -2.54. The average molecular weight is 303 g/mol. The van der Waals surface area contributed by atoms with E-state index in [2.05, 4.69) is 0 Å². The van der Waals surface area contributed by atoms with Crippen molar-refractivity contribution < 1.29 is 27.8 Å². The van der Waals surface area contributed by atoms with Crippen LogP contribution in [0.3, 0.4) is 0 Å². The molecule has 0 aliphatic carbocycles. The topological polar surface area (TPSA) is 49.8 Å². The van der Waals surface area contributed by atoms with Gasteiger partial charge in [0.25, 0.3) is 0 Å². The van der Waals surface area contributed by atoms with E-state index in [1.165, 1.54) is 30.0 Å². The van der Waals surface area contributed by atoms with Gasteiger partial charge in [-0.25, -0.2) is 4.79 Å². The minimum Gasteiger partial charge on any atom is -0.480 e. The maximum atomic E-state index is 13.2. The molecule has 1 N–H and O–H groups in total. The highest BCUT2D eigenvalue weighted by molar-refractivity contribution is 5.81. The van der Waals surface area contributed by atoms with Gasteiger partial charge in [0.05, 0.1) is 18.8 Å². The number of alkyl halides is 3. The summed E-state index contributed by atoms with van der Waals surface area (Å²) in [5, 5.41) is 9.58. The third-order valence-electron chi connectivity index (χ3n) is 3.82. The number of carbonyl (C=O) groups is 1. The summed E-state index contributed by atoms with van der Waals surface area (Å²) < 4.78 is 44.7. The number of hydrogen-bond acceptors (Lipinski definition) is 3. The van der Waals surface area contributed by atoms with Crippen molar-refractivity contribution in [1.82, 2.24) is 4.90 Å².